The van der Waals surface area contributed by atoms with Crippen LogP contribution < -0.4 is 5.32 Å². The molecule has 3 rings (SSSR count). The minimum atomic E-state index is -0.105. The lowest BCUT2D eigenvalue weighted by Gasteiger charge is -2.43. The zero-order valence-corrected chi connectivity index (χ0v) is 17.7. The van der Waals surface area contributed by atoms with Crippen molar-refractivity contribution in [2.45, 2.75) is 43.4 Å². The van der Waals surface area contributed by atoms with Crippen LogP contribution >= 0.6 is 23.4 Å². The number of thioether (sulfide) groups is 1. The molecule has 152 valence electrons. The minimum absolute atomic E-state index is 0.0462. The number of halogens is 1. The Morgan fingerprint density at radius 1 is 1.32 bits per heavy atom. The van der Waals surface area contributed by atoms with Crippen molar-refractivity contribution in [2.75, 3.05) is 26.8 Å². The van der Waals surface area contributed by atoms with Crippen molar-refractivity contribution >= 4 is 41.3 Å². The monoisotopic (exact) mass is 422 g/mol. The van der Waals surface area contributed by atoms with Crippen LogP contribution in [0.5, 0.6) is 0 Å². The van der Waals surface area contributed by atoms with Crippen molar-refractivity contribution in [1.82, 2.24) is 10.2 Å². The summed E-state index contributed by atoms with van der Waals surface area (Å²) in [5.41, 5.74) is 0.943. The van der Waals surface area contributed by atoms with Crippen molar-refractivity contribution in [3.05, 3.63) is 39.8 Å². The predicted octanol–water partition coefficient (Wildman–Crippen LogP) is 3.72. The highest BCUT2D eigenvalue weighted by Gasteiger charge is 2.41. The Kier molecular flexibility index (Phi) is 7.82. The smallest absolute Gasteiger partial charge is 0.261 e. The van der Waals surface area contributed by atoms with Gasteiger partial charge < -0.3 is 15.0 Å². The maximum absolute atomic E-state index is 13.2. The molecule has 1 heterocycles. The molecule has 0 spiro atoms. The molecule has 1 aromatic carbocycles. The van der Waals surface area contributed by atoms with E-state index < -0.39 is 0 Å². The highest BCUT2D eigenvalue weighted by molar-refractivity contribution is 8.04. The molecule has 7 heteroatoms. The molecule has 0 aromatic heterocycles. The molecule has 2 aliphatic rings. The van der Waals surface area contributed by atoms with Gasteiger partial charge in [0.2, 0.25) is 5.91 Å². The van der Waals surface area contributed by atoms with Crippen LogP contribution in [0.25, 0.3) is 6.08 Å². The SMILES string of the molecule is COCCCNC(=O)CN1C(=O)/C(=C\c2ccc(Cl)cc2)SC2CCCCC21. The molecular formula is C21H27ClN2O3S. The van der Waals surface area contributed by atoms with Crippen LogP contribution in [0.4, 0.5) is 0 Å². The lowest BCUT2D eigenvalue weighted by atomic mass is 9.93. The Balaban J connectivity index is 1.73. The van der Waals surface area contributed by atoms with Crippen LogP contribution in [0, 0.1) is 0 Å². The molecule has 1 saturated heterocycles. The molecule has 1 aliphatic heterocycles. The summed E-state index contributed by atoms with van der Waals surface area (Å²) in [6, 6.07) is 7.59. The Labute approximate surface area is 175 Å². The number of ether oxygens (including phenoxy) is 1. The summed E-state index contributed by atoms with van der Waals surface area (Å²) in [5, 5.41) is 3.92. The number of benzene rings is 1. The summed E-state index contributed by atoms with van der Waals surface area (Å²) in [6.07, 6.45) is 7.00. The Hall–Kier alpha value is -1.50. The molecule has 2 unspecified atom stereocenters. The summed E-state index contributed by atoms with van der Waals surface area (Å²) in [7, 11) is 1.64. The van der Waals surface area contributed by atoms with Crippen LogP contribution in [0.1, 0.15) is 37.7 Å². The van der Waals surface area contributed by atoms with Crippen molar-refractivity contribution in [2.24, 2.45) is 0 Å². The Bertz CT molecular complexity index is 723. The third-order valence-electron chi connectivity index (χ3n) is 5.15. The fourth-order valence-electron chi connectivity index (χ4n) is 3.73. The van der Waals surface area contributed by atoms with Crippen LogP contribution in [0.2, 0.25) is 5.02 Å². The number of nitrogens with zero attached hydrogens (tertiary/aromatic N) is 1. The highest BCUT2D eigenvalue weighted by Crippen LogP contribution is 2.42. The summed E-state index contributed by atoms with van der Waals surface area (Å²) in [6.45, 7) is 1.29. The van der Waals surface area contributed by atoms with Gasteiger partial charge in [-0.15, -0.1) is 11.8 Å². The van der Waals surface area contributed by atoms with E-state index in [2.05, 4.69) is 5.32 Å². The highest BCUT2D eigenvalue weighted by atomic mass is 35.5. The Morgan fingerprint density at radius 2 is 2.07 bits per heavy atom. The quantitative estimate of drug-likeness (QED) is 0.537. The van der Waals surface area contributed by atoms with Crippen molar-refractivity contribution in [3.63, 3.8) is 0 Å². The molecule has 2 amide bonds. The zero-order valence-electron chi connectivity index (χ0n) is 16.2. The van der Waals surface area contributed by atoms with Crippen molar-refractivity contribution in [1.29, 1.82) is 0 Å². The molecular weight excluding hydrogens is 396 g/mol. The number of hydrogen-bond acceptors (Lipinski definition) is 4. The lowest BCUT2D eigenvalue weighted by molar-refractivity contribution is -0.135. The summed E-state index contributed by atoms with van der Waals surface area (Å²) in [5.74, 6) is -0.151. The maximum Gasteiger partial charge on any atom is 0.261 e. The largest absolute Gasteiger partial charge is 0.385 e. The Morgan fingerprint density at radius 3 is 2.82 bits per heavy atom. The second-order valence-electron chi connectivity index (χ2n) is 7.20. The average molecular weight is 423 g/mol. The molecule has 0 bridgehead atoms. The van der Waals surface area contributed by atoms with Gasteiger partial charge in [0.1, 0.15) is 6.54 Å². The second kappa shape index (κ2) is 10.3. The van der Waals surface area contributed by atoms with Crippen LogP contribution in [0.15, 0.2) is 29.2 Å². The van der Waals surface area contributed by atoms with Gasteiger partial charge in [0.15, 0.2) is 0 Å². The van der Waals surface area contributed by atoms with E-state index in [9.17, 15) is 9.59 Å². The van der Waals surface area contributed by atoms with E-state index >= 15 is 0 Å². The topological polar surface area (TPSA) is 58.6 Å². The van der Waals surface area contributed by atoms with Gasteiger partial charge in [0.05, 0.1) is 4.91 Å². The van der Waals surface area contributed by atoms with Crippen LogP contribution in [0.3, 0.4) is 0 Å². The van der Waals surface area contributed by atoms with E-state index in [0.29, 0.717) is 28.3 Å². The van der Waals surface area contributed by atoms with Crippen molar-refractivity contribution in [3.8, 4) is 0 Å². The van der Waals surface area contributed by atoms with E-state index in [1.54, 1.807) is 23.8 Å². The first-order valence-electron chi connectivity index (χ1n) is 9.79. The van der Waals surface area contributed by atoms with Gasteiger partial charge in [-0.25, -0.2) is 0 Å². The first kappa shape index (κ1) is 21.2. The average Bonchev–Trinajstić information content (AvgIpc) is 2.70. The predicted molar refractivity (Wildman–Crippen MR) is 114 cm³/mol. The van der Waals surface area contributed by atoms with E-state index in [-0.39, 0.29) is 24.4 Å². The fourth-order valence-corrected chi connectivity index (χ4v) is 5.33. The number of nitrogens with one attached hydrogen (secondary N) is 1. The molecule has 2 fully saturated rings. The molecule has 5 nitrogen and oxygen atoms in total. The molecule has 1 aromatic rings. The molecule has 1 aliphatic carbocycles. The van der Waals surface area contributed by atoms with E-state index in [1.165, 1.54) is 6.42 Å². The van der Waals surface area contributed by atoms with Gasteiger partial charge in [-0.1, -0.05) is 36.6 Å². The number of carbonyl (C=O) groups excluding carboxylic acids is 2. The van der Waals surface area contributed by atoms with Gasteiger partial charge in [0.25, 0.3) is 5.91 Å². The molecule has 1 saturated carbocycles. The maximum atomic E-state index is 13.2. The minimum Gasteiger partial charge on any atom is -0.385 e. The standard InChI is InChI=1S/C21H27ClN2O3S/c1-27-12-4-11-23-20(25)14-24-17-5-2-3-6-18(17)28-19(21(24)26)13-15-7-9-16(22)10-8-15/h7-10,13,17-18H,2-6,11-12,14H2,1H3,(H,23,25)/b19-13+. The first-order chi connectivity index (χ1) is 13.6. The van der Waals surface area contributed by atoms with E-state index in [4.69, 9.17) is 16.3 Å². The third kappa shape index (κ3) is 5.52. The van der Waals surface area contributed by atoms with E-state index in [0.717, 1.165) is 31.2 Å². The number of rotatable bonds is 7. The second-order valence-corrected chi connectivity index (χ2v) is 8.92. The van der Waals surface area contributed by atoms with Gasteiger partial charge in [-0.05, 0) is 43.0 Å². The van der Waals surface area contributed by atoms with Crippen LogP contribution in [-0.2, 0) is 14.3 Å². The fraction of sp³-hybridized carbons (Fsp3) is 0.524. The van der Waals surface area contributed by atoms with Crippen molar-refractivity contribution < 1.29 is 14.3 Å². The number of fused-ring (bicyclic) bond motifs is 1. The summed E-state index contributed by atoms with van der Waals surface area (Å²) < 4.78 is 5.01. The van der Waals surface area contributed by atoms with Gasteiger partial charge >= 0.3 is 0 Å². The van der Waals surface area contributed by atoms with E-state index in [1.807, 2.05) is 30.3 Å². The summed E-state index contributed by atoms with van der Waals surface area (Å²) >= 11 is 7.63. The lowest BCUT2D eigenvalue weighted by Crippen LogP contribution is -2.54. The van der Waals surface area contributed by atoms with Crippen LogP contribution in [-0.4, -0.2) is 54.8 Å². The normalized spacial score (nSPS) is 23.6. The zero-order chi connectivity index (χ0) is 19.9. The summed E-state index contributed by atoms with van der Waals surface area (Å²) in [4.78, 5) is 28.1. The number of methoxy groups -OCH3 is 1. The third-order valence-corrected chi connectivity index (χ3v) is 6.80. The molecule has 1 N–H and O–H groups in total. The molecule has 0 radical (unpaired) electrons. The molecule has 2 atom stereocenters. The van der Waals surface area contributed by atoms with Gasteiger partial charge in [-0.2, -0.15) is 0 Å². The van der Waals surface area contributed by atoms with Gasteiger partial charge in [-0.3, -0.25) is 9.59 Å². The number of hydrogen-bond donors (Lipinski definition) is 1. The first-order valence-corrected chi connectivity index (χ1v) is 11.0. The number of carbonyl (C=O) groups is 2. The van der Waals surface area contributed by atoms with Gasteiger partial charge in [0, 0.05) is 36.6 Å². The number of amides is 2. The molecule has 28 heavy (non-hydrogen) atoms.